The van der Waals surface area contributed by atoms with Crippen LogP contribution in [0.15, 0.2) is 0 Å². The lowest BCUT2D eigenvalue weighted by molar-refractivity contribution is -0.121. The SMILES string of the molecule is CC1CC(=O)CC(CC2CC2)N1. The van der Waals surface area contributed by atoms with E-state index in [1.165, 1.54) is 19.3 Å². The van der Waals surface area contributed by atoms with Gasteiger partial charge in [0.05, 0.1) is 0 Å². The van der Waals surface area contributed by atoms with Crippen LogP contribution < -0.4 is 5.32 Å². The molecule has 2 nitrogen and oxygen atoms in total. The van der Waals surface area contributed by atoms with Crippen LogP contribution in [0.25, 0.3) is 0 Å². The van der Waals surface area contributed by atoms with E-state index in [9.17, 15) is 4.79 Å². The lowest BCUT2D eigenvalue weighted by atomic mass is 9.95. The Hall–Kier alpha value is -0.370. The second kappa shape index (κ2) is 3.17. The number of hydrogen-bond donors (Lipinski definition) is 1. The number of piperidine rings is 1. The van der Waals surface area contributed by atoms with Crippen molar-refractivity contribution >= 4 is 5.78 Å². The summed E-state index contributed by atoms with van der Waals surface area (Å²) in [6.45, 7) is 2.11. The van der Waals surface area contributed by atoms with Crippen molar-refractivity contribution in [3.8, 4) is 0 Å². The third-order valence-electron chi connectivity index (χ3n) is 2.84. The predicted octanol–water partition coefficient (Wildman–Crippen LogP) is 1.50. The molecular weight excluding hydrogens is 150 g/mol. The molecule has 2 unspecified atom stereocenters. The molecule has 2 atom stereocenters. The van der Waals surface area contributed by atoms with Crippen LogP contribution in [-0.2, 0) is 4.79 Å². The monoisotopic (exact) mass is 167 g/mol. The predicted molar refractivity (Wildman–Crippen MR) is 48.0 cm³/mol. The molecule has 0 aromatic carbocycles. The Morgan fingerprint density at radius 2 is 2.17 bits per heavy atom. The molecule has 68 valence electrons. The quantitative estimate of drug-likeness (QED) is 0.675. The van der Waals surface area contributed by atoms with E-state index >= 15 is 0 Å². The van der Waals surface area contributed by atoms with E-state index in [0.29, 0.717) is 17.9 Å². The van der Waals surface area contributed by atoms with Gasteiger partial charge in [-0.15, -0.1) is 0 Å². The second-order valence-corrected chi connectivity index (χ2v) is 4.39. The first-order chi connectivity index (χ1) is 5.74. The third-order valence-corrected chi connectivity index (χ3v) is 2.84. The average molecular weight is 167 g/mol. The van der Waals surface area contributed by atoms with Gasteiger partial charge in [-0.05, 0) is 19.3 Å². The van der Waals surface area contributed by atoms with E-state index < -0.39 is 0 Å². The summed E-state index contributed by atoms with van der Waals surface area (Å²) in [5.74, 6) is 1.38. The smallest absolute Gasteiger partial charge is 0.136 e. The van der Waals surface area contributed by atoms with Gasteiger partial charge in [-0.1, -0.05) is 12.8 Å². The maximum absolute atomic E-state index is 11.2. The molecule has 2 fully saturated rings. The van der Waals surface area contributed by atoms with Crippen molar-refractivity contribution in [2.24, 2.45) is 5.92 Å². The topological polar surface area (TPSA) is 29.1 Å². The van der Waals surface area contributed by atoms with E-state index in [2.05, 4.69) is 12.2 Å². The van der Waals surface area contributed by atoms with Crippen molar-refractivity contribution in [2.75, 3.05) is 0 Å². The lowest BCUT2D eigenvalue weighted by Crippen LogP contribution is -2.44. The number of carbonyl (C=O) groups excluding carboxylic acids is 1. The molecule has 1 aliphatic heterocycles. The summed E-state index contributed by atoms with van der Waals surface area (Å²) in [5.41, 5.74) is 0. The Morgan fingerprint density at radius 3 is 2.75 bits per heavy atom. The van der Waals surface area contributed by atoms with Gasteiger partial charge >= 0.3 is 0 Å². The first-order valence-electron chi connectivity index (χ1n) is 5.02. The van der Waals surface area contributed by atoms with Crippen molar-refractivity contribution in [1.82, 2.24) is 5.32 Å². The fraction of sp³-hybridized carbons (Fsp3) is 0.900. The Balaban J connectivity index is 1.83. The molecule has 0 radical (unpaired) electrons. The highest BCUT2D eigenvalue weighted by Gasteiger charge is 2.30. The summed E-state index contributed by atoms with van der Waals surface area (Å²) in [6.07, 6.45) is 5.53. The van der Waals surface area contributed by atoms with E-state index in [0.717, 1.165) is 18.8 Å². The van der Waals surface area contributed by atoms with Gasteiger partial charge in [0.1, 0.15) is 5.78 Å². The van der Waals surface area contributed by atoms with Crippen LogP contribution in [0.1, 0.15) is 39.0 Å². The summed E-state index contributed by atoms with van der Waals surface area (Å²) >= 11 is 0. The average Bonchev–Trinajstić information content (AvgIpc) is 2.68. The minimum absolute atomic E-state index is 0.412. The van der Waals surface area contributed by atoms with Crippen LogP contribution in [0, 0.1) is 5.92 Å². The highest BCUT2D eigenvalue weighted by atomic mass is 16.1. The maximum atomic E-state index is 11.2. The summed E-state index contributed by atoms with van der Waals surface area (Å²) in [7, 11) is 0. The van der Waals surface area contributed by atoms with Gasteiger partial charge < -0.3 is 5.32 Å². The fourth-order valence-corrected chi connectivity index (χ4v) is 2.13. The van der Waals surface area contributed by atoms with Gasteiger partial charge in [-0.2, -0.15) is 0 Å². The Morgan fingerprint density at radius 1 is 1.42 bits per heavy atom. The fourth-order valence-electron chi connectivity index (χ4n) is 2.13. The van der Waals surface area contributed by atoms with Crippen molar-refractivity contribution < 1.29 is 4.79 Å². The Labute approximate surface area is 73.7 Å². The molecule has 0 spiro atoms. The number of hydrogen-bond acceptors (Lipinski definition) is 2. The van der Waals surface area contributed by atoms with Gasteiger partial charge in [-0.25, -0.2) is 0 Å². The Bertz CT molecular complexity index is 184. The lowest BCUT2D eigenvalue weighted by Gasteiger charge is -2.27. The highest BCUT2D eigenvalue weighted by molar-refractivity contribution is 5.80. The van der Waals surface area contributed by atoms with Gasteiger partial charge in [-0.3, -0.25) is 4.79 Å². The first-order valence-corrected chi connectivity index (χ1v) is 5.02. The molecule has 0 amide bonds. The van der Waals surface area contributed by atoms with Crippen LogP contribution in [-0.4, -0.2) is 17.9 Å². The number of rotatable bonds is 2. The molecule has 0 aromatic heterocycles. The standard InChI is InChI=1S/C10H17NO/c1-7-4-10(12)6-9(11-7)5-8-2-3-8/h7-9,11H,2-6H2,1H3. The van der Waals surface area contributed by atoms with E-state index in [4.69, 9.17) is 0 Å². The van der Waals surface area contributed by atoms with Gasteiger partial charge in [0.2, 0.25) is 0 Å². The van der Waals surface area contributed by atoms with Gasteiger partial charge in [0.15, 0.2) is 0 Å². The molecule has 12 heavy (non-hydrogen) atoms. The van der Waals surface area contributed by atoms with E-state index in [-0.39, 0.29) is 0 Å². The van der Waals surface area contributed by atoms with Crippen molar-refractivity contribution in [3.05, 3.63) is 0 Å². The summed E-state index contributed by atoms with van der Waals surface area (Å²) in [4.78, 5) is 11.2. The zero-order chi connectivity index (χ0) is 8.55. The summed E-state index contributed by atoms with van der Waals surface area (Å²) in [5, 5.41) is 3.50. The van der Waals surface area contributed by atoms with Crippen molar-refractivity contribution in [3.63, 3.8) is 0 Å². The minimum Gasteiger partial charge on any atom is -0.311 e. The Kier molecular flexibility index (Phi) is 2.18. The number of ketones is 1. The maximum Gasteiger partial charge on any atom is 0.136 e. The van der Waals surface area contributed by atoms with E-state index in [1.807, 2.05) is 0 Å². The summed E-state index contributed by atoms with van der Waals surface area (Å²) < 4.78 is 0. The molecule has 2 aliphatic rings. The highest BCUT2D eigenvalue weighted by Crippen LogP contribution is 2.34. The van der Waals surface area contributed by atoms with Crippen LogP contribution >= 0.6 is 0 Å². The number of carbonyl (C=O) groups is 1. The third kappa shape index (κ3) is 2.07. The number of nitrogens with one attached hydrogen (secondary N) is 1. The zero-order valence-electron chi connectivity index (χ0n) is 7.68. The molecule has 1 heterocycles. The molecule has 1 saturated carbocycles. The normalized spacial score (nSPS) is 36.9. The molecule has 1 saturated heterocycles. The van der Waals surface area contributed by atoms with Crippen LogP contribution in [0.5, 0.6) is 0 Å². The minimum atomic E-state index is 0.412. The molecule has 1 aliphatic carbocycles. The number of Topliss-reactive ketones (excluding diaryl/α,β-unsaturated/α-hetero) is 1. The first kappa shape index (κ1) is 8.24. The molecule has 2 heteroatoms. The molecule has 1 N–H and O–H groups in total. The van der Waals surface area contributed by atoms with Crippen LogP contribution in [0.4, 0.5) is 0 Å². The van der Waals surface area contributed by atoms with Crippen LogP contribution in [0.2, 0.25) is 0 Å². The van der Waals surface area contributed by atoms with Crippen molar-refractivity contribution in [1.29, 1.82) is 0 Å². The molecule has 0 aromatic rings. The van der Waals surface area contributed by atoms with Crippen molar-refractivity contribution in [2.45, 2.75) is 51.1 Å². The van der Waals surface area contributed by atoms with Gasteiger partial charge in [0, 0.05) is 24.9 Å². The molecule has 2 rings (SSSR count). The second-order valence-electron chi connectivity index (χ2n) is 4.39. The largest absolute Gasteiger partial charge is 0.311 e. The molecule has 0 bridgehead atoms. The summed E-state index contributed by atoms with van der Waals surface area (Å²) in [6, 6.07) is 0.906. The van der Waals surface area contributed by atoms with Gasteiger partial charge in [0.25, 0.3) is 0 Å². The van der Waals surface area contributed by atoms with E-state index in [1.54, 1.807) is 0 Å². The van der Waals surface area contributed by atoms with Crippen LogP contribution in [0.3, 0.4) is 0 Å². The molecular formula is C10H17NO. The zero-order valence-corrected chi connectivity index (χ0v) is 7.68.